The molecule has 0 amide bonds. The highest BCUT2D eigenvalue weighted by Gasteiger charge is 2.23. The van der Waals surface area contributed by atoms with E-state index in [4.69, 9.17) is 11.6 Å². The third kappa shape index (κ3) is 4.21. The molecule has 1 aromatic rings. The monoisotopic (exact) mass is 294 g/mol. The summed E-state index contributed by atoms with van der Waals surface area (Å²) in [5.74, 6) is 0. The topological polar surface area (TPSA) is 15.3 Å². The lowest BCUT2D eigenvalue weighted by atomic mass is 10.0. The van der Waals surface area contributed by atoms with Crippen molar-refractivity contribution in [3.63, 3.8) is 0 Å². The second-order valence-corrected chi connectivity index (χ2v) is 6.20. The quantitative estimate of drug-likeness (QED) is 0.808. The molecule has 1 aliphatic heterocycles. The molecule has 1 N–H and O–H groups in total. The Kier molecular flexibility index (Phi) is 6.34. The highest BCUT2D eigenvalue weighted by Crippen LogP contribution is 2.27. The maximum atomic E-state index is 6.17. The molecule has 2 rings (SSSR count). The zero-order valence-corrected chi connectivity index (χ0v) is 13.5. The molecule has 1 fully saturated rings. The molecule has 20 heavy (non-hydrogen) atoms. The summed E-state index contributed by atoms with van der Waals surface area (Å²) >= 11 is 6.17. The van der Waals surface area contributed by atoms with Crippen molar-refractivity contribution in [2.75, 3.05) is 19.6 Å². The van der Waals surface area contributed by atoms with Crippen LogP contribution in [-0.4, -0.2) is 30.6 Å². The number of hydrogen-bond acceptors (Lipinski definition) is 2. The third-order valence-electron chi connectivity index (χ3n) is 4.19. The van der Waals surface area contributed by atoms with Gasteiger partial charge in [0, 0.05) is 23.7 Å². The fraction of sp³-hybridized carbons (Fsp3) is 0.647. The van der Waals surface area contributed by atoms with Gasteiger partial charge in [-0.25, -0.2) is 0 Å². The molecule has 0 radical (unpaired) electrons. The van der Waals surface area contributed by atoms with E-state index < -0.39 is 0 Å². The molecule has 2 nitrogen and oxygen atoms in total. The molecule has 3 heteroatoms. The predicted molar refractivity (Wildman–Crippen MR) is 87.4 cm³/mol. The summed E-state index contributed by atoms with van der Waals surface area (Å²) in [5, 5.41) is 4.46. The minimum absolute atomic E-state index is 0.482. The van der Waals surface area contributed by atoms with E-state index in [1.807, 2.05) is 6.07 Å². The molecular formula is C17H27ClN2. The average Bonchev–Trinajstić information content (AvgIpc) is 2.93. The summed E-state index contributed by atoms with van der Waals surface area (Å²) in [6.07, 6.45) is 4.96. The van der Waals surface area contributed by atoms with Gasteiger partial charge in [0.05, 0.1) is 0 Å². The zero-order chi connectivity index (χ0) is 14.4. The van der Waals surface area contributed by atoms with Gasteiger partial charge in [0.1, 0.15) is 0 Å². The molecule has 0 spiro atoms. The van der Waals surface area contributed by atoms with Crippen LogP contribution in [-0.2, 0) is 0 Å². The van der Waals surface area contributed by atoms with Crippen LogP contribution >= 0.6 is 11.6 Å². The zero-order valence-electron chi connectivity index (χ0n) is 12.7. The minimum atomic E-state index is 0.482. The van der Waals surface area contributed by atoms with Crippen molar-refractivity contribution < 1.29 is 0 Å². The minimum Gasteiger partial charge on any atom is -0.313 e. The summed E-state index contributed by atoms with van der Waals surface area (Å²) in [4.78, 5) is 2.63. The summed E-state index contributed by atoms with van der Waals surface area (Å²) in [6.45, 7) is 8.02. The first-order valence-electron chi connectivity index (χ1n) is 7.97. The van der Waals surface area contributed by atoms with E-state index in [0.29, 0.717) is 12.1 Å². The molecule has 1 saturated heterocycles. The van der Waals surface area contributed by atoms with Crippen LogP contribution in [0.1, 0.15) is 51.1 Å². The molecule has 2 atom stereocenters. The molecule has 2 unspecified atom stereocenters. The average molecular weight is 295 g/mol. The van der Waals surface area contributed by atoms with Crippen LogP contribution in [0.2, 0.25) is 5.02 Å². The van der Waals surface area contributed by atoms with Crippen LogP contribution < -0.4 is 5.32 Å². The SMILES string of the molecule is CCCN(CC1CCCN1)C(CC)c1cccc(Cl)c1. The largest absolute Gasteiger partial charge is 0.313 e. The Labute approximate surface area is 128 Å². The Morgan fingerprint density at radius 2 is 2.25 bits per heavy atom. The summed E-state index contributed by atoms with van der Waals surface area (Å²) in [6, 6.07) is 9.51. The maximum absolute atomic E-state index is 6.17. The standard InChI is InChI=1S/C17H27ClN2/c1-3-11-20(13-16-9-6-10-19-16)17(4-2)14-7-5-8-15(18)12-14/h5,7-8,12,16-17,19H,3-4,6,9-11,13H2,1-2H3. The van der Waals surface area contributed by atoms with Gasteiger partial charge in [-0.05, 0) is 56.5 Å². The van der Waals surface area contributed by atoms with Crippen LogP contribution in [0, 0.1) is 0 Å². The molecule has 112 valence electrons. The first-order chi connectivity index (χ1) is 9.74. The Bertz CT molecular complexity index is 402. The van der Waals surface area contributed by atoms with Crippen LogP contribution in [0.15, 0.2) is 24.3 Å². The lowest BCUT2D eigenvalue weighted by molar-refractivity contribution is 0.176. The van der Waals surface area contributed by atoms with Gasteiger partial charge in [0.2, 0.25) is 0 Å². The van der Waals surface area contributed by atoms with E-state index in [0.717, 1.165) is 24.5 Å². The molecular weight excluding hydrogens is 268 g/mol. The van der Waals surface area contributed by atoms with Crippen LogP contribution in [0.3, 0.4) is 0 Å². The van der Waals surface area contributed by atoms with Crippen molar-refractivity contribution in [2.45, 2.75) is 51.6 Å². The second kappa shape index (κ2) is 8.02. The van der Waals surface area contributed by atoms with Crippen LogP contribution in [0.25, 0.3) is 0 Å². The fourth-order valence-electron chi connectivity index (χ4n) is 3.28. The van der Waals surface area contributed by atoms with Crippen molar-refractivity contribution in [3.05, 3.63) is 34.9 Å². The summed E-state index contributed by atoms with van der Waals surface area (Å²) in [5.41, 5.74) is 1.35. The van der Waals surface area contributed by atoms with Gasteiger partial charge in [0.25, 0.3) is 0 Å². The van der Waals surface area contributed by atoms with E-state index in [9.17, 15) is 0 Å². The number of nitrogens with zero attached hydrogens (tertiary/aromatic N) is 1. The van der Waals surface area contributed by atoms with Crippen molar-refractivity contribution in [1.29, 1.82) is 0 Å². The van der Waals surface area contributed by atoms with E-state index in [2.05, 4.69) is 42.3 Å². The first kappa shape index (κ1) is 15.8. The van der Waals surface area contributed by atoms with E-state index in [1.165, 1.54) is 31.4 Å². The van der Waals surface area contributed by atoms with E-state index >= 15 is 0 Å². The van der Waals surface area contributed by atoms with Crippen LogP contribution in [0.4, 0.5) is 0 Å². The van der Waals surface area contributed by atoms with Gasteiger partial charge < -0.3 is 5.32 Å². The summed E-state index contributed by atoms with van der Waals surface area (Å²) < 4.78 is 0. The van der Waals surface area contributed by atoms with Gasteiger partial charge in [-0.1, -0.05) is 37.6 Å². The summed E-state index contributed by atoms with van der Waals surface area (Å²) in [7, 11) is 0. The van der Waals surface area contributed by atoms with Gasteiger partial charge in [0.15, 0.2) is 0 Å². The molecule has 0 aromatic heterocycles. The van der Waals surface area contributed by atoms with Crippen molar-refractivity contribution in [3.8, 4) is 0 Å². The maximum Gasteiger partial charge on any atom is 0.0409 e. The number of rotatable bonds is 7. The molecule has 0 aliphatic carbocycles. The molecule has 1 aromatic carbocycles. The predicted octanol–water partition coefficient (Wildman–Crippen LogP) is 4.26. The van der Waals surface area contributed by atoms with E-state index in [1.54, 1.807) is 0 Å². The third-order valence-corrected chi connectivity index (χ3v) is 4.42. The van der Waals surface area contributed by atoms with Gasteiger partial charge in [-0.15, -0.1) is 0 Å². The molecule has 1 heterocycles. The van der Waals surface area contributed by atoms with Gasteiger partial charge >= 0.3 is 0 Å². The number of nitrogens with one attached hydrogen (secondary N) is 1. The lowest BCUT2D eigenvalue weighted by Crippen LogP contribution is -2.40. The highest BCUT2D eigenvalue weighted by atomic mass is 35.5. The number of benzene rings is 1. The Morgan fingerprint density at radius 1 is 1.40 bits per heavy atom. The lowest BCUT2D eigenvalue weighted by Gasteiger charge is -2.33. The molecule has 1 aliphatic rings. The van der Waals surface area contributed by atoms with Crippen molar-refractivity contribution in [2.24, 2.45) is 0 Å². The second-order valence-electron chi connectivity index (χ2n) is 5.77. The Balaban J connectivity index is 2.11. The number of halogens is 1. The normalized spacial score (nSPS) is 20.5. The fourth-order valence-corrected chi connectivity index (χ4v) is 3.47. The highest BCUT2D eigenvalue weighted by molar-refractivity contribution is 6.30. The Hall–Kier alpha value is -0.570. The molecule has 0 saturated carbocycles. The van der Waals surface area contributed by atoms with Crippen molar-refractivity contribution >= 4 is 11.6 Å². The van der Waals surface area contributed by atoms with Crippen LogP contribution in [0.5, 0.6) is 0 Å². The van der Waals surface area contributed by atoms with E-state index in [-0.39, 0.29) is 0 Å². The van der Waals surface area contributed by atoms with Gasteiger partial charge in [-0.3, -0.25) is 4.90 Å². The smallest absolute Gasteiger partial charge is 0.0409 e. The first-order valence-corrected chi connectivity index (χ1v) is 8.35. The van der Waals surface area contributed by atoms with Crippen molar-refractivity contribution in [1.82, 2.24) is 10.2 Å². The molecule has 0 bridgehead atoms. The Morgan fingerprint density at radius 3 is 2.85 bits per heavy atom. The number of hydrogen-bond donors (Lipinski definition) is 1. The van der Waals surface area contributed by atoms with Gasteiger partial charge in [-0.2, -0.15) is 0 Å².